The summed E-state index contributed by atoms with van der Waals surface area (Å²) < 4.78 is 6.07. The first-order valence-electron chi connectivity index (χ1n) is 9.79. The monoisotopic (exact) mass is 414 g/mol. The van der Waals surface area contributed by atoms with Crippen LogP contribution in [0, 0.1) is 0 Å². The molecule has 0 saturated carbocycles. The van der Waals surface area contributed by atoms with Crippen LogP contribution in [0.5, 0.6) is 0 Å². The molecule has 1 aromatic heterocycles. The van der Waals surface area contributed by atoms with Gasteiger partial charge in [-0.25, -0.2) is 4.98 Å². The Morgan fingerprint density at radius 1 is 0.900 bits per heavy atom. The SMILES string of the molecule is C[C@@H](NC(=O)CSc1nc(-c2ccccc2)c(-c2ccccc2)o1)c1ccccc1. The second kappa shape index (κ2) is 9.46. The summed E-state index contributed by atoms with van der Waals surface area (Å²) in [6, 6.07) is 29.7. The van der Waals surface area contributed by atoms with Gasteiger partial charge in [-0.05, 0) is 12.5 Å². The molecule has 1 atom stereocenters. The van der Waals surface area contributed by atoms with E-state index in [1.807, 2.05) is 97.9 Å². The molecule has 0 spiro atoms. The first kappa shape index (κ1) is 20.0. The van der Waals surface area contributed by atoms with Crippen LogP contribution >= 0.6 is 11.8 Å². The smallest absolute Gasteiger partial charge is 0.257 e. The fourth-order valence-electron chi connectivity index (χ4n) is 3.17. The highest BCUT2D eigenvalue weighted by Crippen LogP contribution is 2.35. The van der Waals surface area contributed by atoms with E-state index in [0.717, 1.165) is 22.4 Å². The zero-order valence-electron chi connectivity index (χ0n) is 16.6. The number of amides is 1. The van der Waals surface area contributed by atoms with E-state index in [1.54, 1.807) is 0 Å². The molecule has 1 N–H and O–H groups in total. The predicted molar refractivity (Wildman–Crippen MR) is 121 cm³/mol. The Balaban J connectivity index is 1.49. The van der Waals surface area contributed by atoms with Gasteiger partial charge in [-0.15, -0.1) is 0 Å². The zero-order chi connectivity index (χ0) is 20.8. The maximum atomic E-state index is 12.4. The van der Waals surface area contributed by atoms with Crippen LogP contribution in [0.1, 0.15) is 18.5 Å². The molecule has 0 aliphatic rings. The minimum Gasteiger partial charge on any atom is -0.431 e. The van der Waals surface area contributed by atoms with Crippen molar-refractivity contribution in [2.45, 2.75) is 18.2 Å². The van der Waals surface area contributed by atoms with Gasteiger partial charge in [-0.2, -0.15) is 0 Å². The number of oxazole rings is 1. The van der Waals surface area contributed by atoms with Crippen molar-refractivity contribution in [3.05, 3.63) is 96.6 Å². The lowest BCUT2D eigenvalue weighted by Gasteiger charge is -2.13. The maximum Gasteiger partial charge on any atom is 0.257 e. The van der Waals surface area contributed by atoms with E-state index in [2.05, 4.69) is 10.3 Å². The van der Waals surface area contributed by atoms with E-state index in [-0.39, 0.29) is 17.7 Å². The molecule has 4 rings (SSSR count). The molecule has 4 aromatic rings. The molecule has 0 aliphatic heterocycles. The van der Waals surface area contributed by atoms with Gasteiger partial charge in [0.25, 0.3) is 5.22 Å². The third-order valence-electron chi connectivity index (χ3n) is 4.69. The molecule has 150 valence electrons. The minimum atomic E-state index is -0.0583. The Morgan fingerprint density at radius 2 is 1.47 bits per heavy atom. The fraction of sp³-hybridized carbons (Fsp3) is 0.120. The van der Waals surface area contributed by atoms with Crippen molar-refractivity contribution in [3.8, 4) is 22.6 Å². The van der Waals surface area contributed by atoms with Gasteiger partial charge in [-0.3, -0.25) is 4.79 Å². The summed E-state index contributed by atoms with van der Waals surface area (Å²) in [5.41, 5.74) is 3.79. The van der Waals surface area contributed by atoms with Crippen LogP contribution in [0.25, 0.3) is 22.6 Å². The molecule has 0 radical (unpaired) electrons. The van der Waals surface area contributed by atoms with Crippen molar-refractivity contribution in [1.82, 2.24) is 10.3 Å². The molecule has 1 amide bonds. The van der Waals surface area contributed by atoms with Crippen molar-refractivity contribution in [1.29, 1.82) is 0 Å². The lowest BCUT2D eigenvalue weighted by Crippen LogP contribution is -2.28. The number of nitrogens with zero attached hydrogens (tertiary/aromatic N) is 1. The number of hydrogen-bond acceptors (Lipinski definition) is 4. The summed E-state index contributed by atoms with van der Waals surface area (Å²) in [4.78, 5) is 17.1. The Hall–Kier alpha value is -3.31. The average Bonchev–Trinajstić information content (AvgIpc) is 3.24. The molecule has 0 bridgehead atoms. The lowest BCUT2D eigenvalue weighted by molar-refractivity contribution is -0.119. The first-order chi connectivity index (χ1) is 14.7. The molecule has 3 aromatic carbocycles. The predicted octanol–water partition coefficient (Wildman–Crippen LogP) is 5.98. The highest BCUT2D eigenvalue weighted by atomic mass is 32.2. The van der Waals surface area contributed by atoms with Crippen LogP contribution in [0.3, 0.4) is 0 Å². The molecule has 1 heterocycles. The molecule has 4 nitrogen and oxygen atoms in total. The van der Waals surface area contributed by atoms with E-state index in [1.165, 1.54) is 11.8 Å². The lowest BCUT2D eigenvalue weighted by atomic mass is 10.1. The second-order valence-electron chi connectivity index (χ2n) is 6.88. The quantitative estimate of drug-likeness (QED) is 0.378. The summed E-state index contributed by atoms with van der Waals surface area (Å²) in [6.45, 7) is 1.98. The van der Waals surface area contributed by atoms with Gasteiger partial charge in [0.05, 0.1) is 11.8 Å². The number of rotatable bonds is 7. The van der Waals surface area contributed by atoms with Crippen molar-refractivity contribution < 1.29 is 9.21 Å². The van der Waals surface area contributed by atoms with E-state index < -0.39 is 0 Å². The van der Waals surface area contributed by atoms with Crippen molar-refractivity contribution in [2.24, 2.45) is 0 Å². The number of carbonyl (C=O) groups is 1. The average molecular weight is 415 g/mol. The molecule has 30 heavy (non-hydrogen) atoms. The summed E-state index contributed by atoms with van der Waals surface area (Å²) in [6.07, 6.45) is 0. The zero-order valence-corrected chi connectivity index (χ0v) is 17.4. The standard InChI is InChI=1S/C25H22N2O2S/c1-18(19-11-5-2-6-12-19)26-22(28)17-30-25-27-23(20-13-7-3-8-14-20)24(29-25)21-15-9-4-10-16-21/h2-16,18H,17H2,1H3,(H,26,28)/t18-/m1/s1. The van der Waals surface area contributed by atoms with Gasteiger partial charge in [0.2, 0.25) is 5.91 Å². The third kappa shape index (κ3) is 4.81. The minimum absolute atomic E-state index is 0.0522. The van der Waals surface area contributed by atoms with Crippen LogP contribution in [0.4, 0.5) is 0 Å². The van der Waals surface area contributed by atoms with Crippen molar-refractivity contribution in [2.75, 3.05) is 5.75 Å². The van der Waals surface area contributed by atoms with Gasteiger partial charge in [-0.1, -0.05) is 103 Å². The van der Waals surface area contributed by atoms with E-state index in [0.29, 0.717) is 11.0 Å². The van der Waals surface area contributed by atoms with Crippen molar-refractivity contribution >= 4 is 17.7 Å². The Labute approximate surface area is 180 Å². The van der Waals surface area contributed by atoms with Crippen LogP contribution < -0.4 is 5.32 Å². The van der Waals surface area contributed by atoms with Gasteiger partial charge in [0.1, 0.15) is 5.69 Å². The molecule has 0 aliphatic carbocycles. The number of carbonyl (C=O) groups excluding carboxylic acids is 1. The van der Waals surface area contributed by atoms with Gasteiger partial charge in [0, 0.05) is 11.1 Å². The highest BCUT2D eigenvalue weighted by molar-refractivity contribution is 7.99. The van der Waals surface area contributed by atoms with Crippen LogP contribution in [0.2, 0.25) is 0 Å². The maximum absolute atomic E-state index is 12.4. The fourth-order valence-corrected chi connectivity index (χ4v) is 3.81. The third-order valence-corrected chi connectivity index (χ3v) is 5.52. The number of thioether (sulfide) groups is 1. The molecule has 0 saturated heterocycles. The molecular formula is C25H22N2O2S. The number of hydrogen-bond donors (Lipinski definition) is 1. The normalized spacial score (nSPS) is 11.8. The topological polar surface area (TPSA) is 55.1 Å². The number of benzene rings is 3. The van der Waals surface area contributed by atoms with Gasteiger partial charge in [0.15, 0.2) is 5.76 Å². The first-order valence-corrected chi connectivity index (χ1v) is 10.8. The van der Waals surface area contributed by atoms with Gasteiger partial charge >= 0.3 is 0 Å². The molecule has 0 unspecified atom stereocenters. The van der Waals surface area contributed by atoms with E-state index in [4.69, 9.17) is 4.42 Å². The molecule has 0 fully saturated rings. The Bertz CT molecular complexity index is 1040. The molecular weight excluding hydrogens is 392 g/mol. The van der Waals surface area contributed by atoms with Crippen molar-refractivity contribution in [3.63, 3.8) is 0 Å². The number of aromatic nitrogens is 1. The molecule has 5 heteroatoms. The van der Waals surface area contributed by atoms with Crippen LogP contribution in [-0.2, 0) is 4.79 Å². The summed E-state index contributed by atoms with van der Waals surface area (Å²) >= 11 is 1.30. The summed E-state index contributed by atoms with van der Waals surface area (Å²) in [5, 5.41) is 3.50. The van der Waals surface area contributed by atoms with Crippen LogP contribution in [0.15, 0.2) is 101 Å². The van der Waals surface area contributed by atoms with E-state index >= 15 is 0 Å². The number of nitrogens with one attached hydrogen (secondary N) is 1. The highest BCUT2D eigenvalue weighted by Gasteiger charge is 2.18. The van der Waals surface area contributed by atoms with E-state index in [9.17, 15) is 4.79 Å². The summed E-state index contributed by atoms with van der Waals surface area (Å²) in [5.74, 6) is 0.889. The largest absolute Gasteiger partial charge is 0.431 e. The Kier molecular flexibility index (Phi) is 6.30. The Morgan fingerprint density at radius 3 is 2.10 bits per heavy atom. The van der Waals surface area contributed by atoms with Gasteiger partial charge < -0.3 is 9.73 Å². The summed E-state index contributed by atoms with van der Waals surface area (Å²) in [7, 11) is 0. The second-order valence-corrected chi connectivity index (χ2v) is 7.80. The van der Waals surface area contributed by atoms with Crippen LogP contribution in [-0.4, -0.2) is 16.6 Å².